The molecule has 0 saturated heterocycles. The van der Waals surface area contributed by atoms with Gasteiger partial charge in [0, 0.05) is 5.56 Å². The molecule has 0 amide bonds. The second kappa shape index (κ2) is 4.62. The standard InChI is InChI=1S/C11H8ClF3N2O/c12-10-8(6-18)9(11(13,14)15)16-17(10)7-4-2-1-3-5-7/h1-5,18H,6H2. The van der Waals surface area contributed by atoms with Gasteiger partial charge in [0.1, 0.15) is 5.15 Å². The SMILES string of the molecule is OCc1c(C(F)(F)F)nn(-c2ccccc2)c1Cl. The van der Waals surface area contributed by atoms with Crippen molar-refractivity contribution in [3.05, 3.63) is 46.7 Å². The van der Waals surface area contributed by atoms with Crippen molar-refractivity contribution in [2.24, 2.45) is 0 Å². The highest BCUT2D eigenvalue weighted by molar-refractivity contribution is 6.30. The number of hydrogen-bond donors (Lipinski definition) is 1. The fraction of sp³-hybridized carbons (Fsp3) is 0.182. The zero-order valence-electron chi connectivity index (χ0n) is 8.95. The van der Waals surface area contributed by atoms with Crippen LogP contribution in [0, 0.1) is 0 Å². The van der Waals surface area contributed by atoms with Crippen molar-refractivity contribution in [1.29, 1.82) is 0 Å². The van der Waals surface area contributed by atoms with Crippen molar-refractivity contribution in [2.45, 2.75) is 12.8 Å². The summed E-state index contributed by atoms with van der Waals surface area (Å²) in [7, 11) is 0. The van der Waals surface area contributed by atoms with Crippen LogP contribution < -0.4 is 0 Å². The highest BCUT2D eigenvalue weighted by atomic mass is 35.5. The van der Waals surface area contributed by atoms with E-state index < -0.39 is 24.0 Å². The molecule has 0 saturated carbocycles. The second-order valence-corrected chi connectivity index (χ2v) is 3.88. The molecule has 2 aromatic rings. The summed E-state index contributed by atoms with van der Waals surface area (Å²) in [5.74, 6) is 0. The summed E-state index contributed by atoms with van der Waals surface area (Å²) < 4.78 is 39.1. The topological polar surface area (TPSA) is 38.1 Å². The number of aromatic nitrogens is 2. The molecule has 0 atom stereocenters. The number of aliphatic hydroxyl groups is 1. The van der Waals surface area contributed by atoms with E-state index in [1.165, 1.54) is 0 Å². The predicted molar refractivity (Wildman–Crippen MR) is 59.5 cm³/mol. The van der Waals surface area contributed by atoms with E-state index >= 15 is 0 Å². The van der Waals surface area contributed by atoms with Gasteiger partial charge < -0.3 is 5.11 Å². The highest BCUT2D eigenvalue weighted by Gasteiger charge is 2.38. The molecule has 7 heteroatoms. The molecule has 0 aliphatic rings. The maximum Gasteiger partial charge on any atom is 0.435 e. The first kappa shape index (κ1) is 12.9. The quantitative estimate of drug-likeness (QED) is 0.915. The lowest BCUT2D eigenvalue weighted by atomic mass is 10.2. The Kier molecular flexibility index (Phi) is 3.32. The van der Waals surface area contributed by atoms with Crippen molar-refractivity contribution in [3.8, 4) is 5.69 Å². The Morgan fingerprint density at radius 3 is 2.28 bits per heavy atom. The molecule has 0 bridgehead atoms. The molecule has 0 aliphatic heterocycles. The van der Waals surface area contributed by atoms with Gasteiger partial charge in [0.05, 0.1) is 12.3 Å². The average Bonchev–Trinajstić information content (AvgIpc) is 2.67. The van der Waals surface area contributed by atoms with Crippen LogP contribution in [0.5, 0.6) is 0 Å². The molecule has 1 heterocycles. The summed E-state index contributed by atoms with van der Waals surface area (Å²) in [5.41, 5.74) is -1.19. The third kappa shape index (κ3) is 2.21. The molecule has 96 valence electrons. The molecule has 1 aromatic carbocycles. The fourth-order valence-electron chi connectivity index (χ4n) is 1.54. The van der Waals surface area contributed by atoms with E-state index in [0.717, 1.165) is 4.68 Å². The van der Waals surface area contributed by atoms with E-state index in [0.29, 0.717) is 5.69 Å². The largest absolute Gasteiger partial charge is 0.435 e. The number of nitrogens with zero attached hydrogens (tertiary/aromatic N) is 2. The van der Waals surface area contributed by atoms with Crippen LogP contribution in [0.25, 0.3) is 5.69 Å². The average molecular weight is 277 g/mol. The monoisotopic (exact) mass is 276 g/mol. The van der Waals surface area contributed by atoms with Crippen molar-refractivity contribution in [1.82, 2.24) is 9.78 Å². The van der Waals surface area contributed by atoms with Gasteiger partial charge in [-0.3, -0.25) is 0 Å². The summed E-state index contributed by atoms with van der Waals surface area (Å²) in [4.78, 5) is 0. The Hall–Kier alpha value is -1.53. The first-order valence-electron chi connectivity index (χ1n) is 4.96. The Morgan fingerprint density at radius 1 is 1.22 bits per heavy atom. The van der Waals surface area contributed by atoms with E-state index in [1.807, 2.05) is 0 Å². The second-order valence-electron chi connectivity index (χ2n) is 3.52. The molecular formula is C11H8ClF3N2O. The smallest absolute Gasteiger partial charge is 0.391 e. The maximum absolute atomic E-state index is 12.7. The molecule has 18 heavy (non-hydrogen) atoms. The number of aliphatic hydroxyl groups excluding tert-OH is 1. The Bertz CT molecular complexity index is 551. The van der Waals surface area contributed by atoms with Gasteiger partial charge in [0.2, 0.25) is 0 Å². The molecule has 1 N–H and O–H groups in total. The molecular weight excluding hydrogens is 269 g/mol. The van der Waals surface area contributed by atoms with E-state index in [-0.39, 0.29) is 5.15 Å². The van der Waals surface area contributed by atoms with Gasteiger partial charge in [-0.2, -0.15) is 18.3 Å². The molecule has 1 aromatic heterocycles. The Balaban J connectivity index is 2.61. The van der Waals surface area contributed by atoms with E-state index in [4.69, 9.17) is 16.7 Å². The van der Waals surface area contributed by atoms with Gasteiger partial charge in [-0.05, 0) is 12.1 Å². The molecule has 2 rings (SSSR count). The van der Waals surface area contributed by atoms with Crippen molar-refractivity contribution in [2.75, 3.05) is 0 Å². The normalized spacial score (nSPS) is 11.8. The van der Waals surface area contributed by atoms with Crippen LogP contribution in [-0.2, 0) is 12.8 Å². The number of benzene rings is 1. The molecule has 0 aliphatic carbocycles. The van der Waals surface area contributed by atoms with E-state index in [1.54, 1.807) is 30.3 Å². The van der Waals surface area contributed by atoms with Gasteiger partial charge in [-0.25, -0.2) is 4.68 Å². The highest BCUT2D eigenvalue weighted by Crippen LogP contribution is 2.35. The van der Waals surface area contributed by atoms with E-state index in [9.17, 15) is 13.2 Å². The summed E-state index contributed by atoms with van der Waals surface area (Å²) >= 11 is 5.81. The molecule has 3 nitrogen and oxygen atoms in total. The van der Waals surface area contributed by atoms with Crippen LogP contribution in [0.3, 0.4) is 0 Å². The van der Waals surface area contributed by atoms with Crippen molar-refractivity contribution >= 4 is 11.6 Å². The van der Waals surface area contributed by atoms with Crippen LogP contribution in [0.15, 0.2) is 30.3 Å². The fourth-order valence-corrected chi connectivity index (χ4v) is 1.82. The number of alkyl halides is 3. The zero-order valence-corrected chi connectivity index (χ0v) is 9.70. The lowest BCUT2D eigenvalue weighted by Gasteiger charge is -2.03. The summed E-state index contributed by atoms with van der Waals surface area (Å²) in [6.07, 6.45) is -4.65. The molecule has 0 radical (unpaired) electrons. The minimum Gasteiger partial charge on any atom is -0.391 e. The number of hydrogen-bond acceptors (Lipinski definition) is 2. The maximum atomic E-state index is 12.7. The molecule has 0 spiro atoms. The van der Waals surface area contributed by atoms with Crippen LogP contribution in [-0.4, -0.2) is 14.9 Å². The van der Waals surface area contributed by atoms with Gasteiger partial charge in [0.25, 0.3) is 0 Å². The summed E-state index contributed by atoms with van der Waals surface area (Å²) in [6, 6.07) is 8.16. The predicted octanol–water partition coefficient (Wildman–Crippen LogP) is 3.04. The van der Waals surface area contributed by atoms with Crippen LogP contribution in [0.4, 0.5) is 13.2 Å². The first-order valence-corrected chi connectivity index (χ1v) is 5.34. The summed E-state index contributed by atoms with van der Waals surface area (Å²) in [6.45, 7) is -0.819. The number of rotatable bonds is 2. The van der Waals surface area contributed by atoms with E-state index in [2.05, 4.69) is 5.10 Å². The zero-order chi connectivity index (χ0) is 13.3. The van der Waals surface area contributed by atoms with Gasteiger partial charge in [-0.1, -0.05) is 29.8 Å². The van der Waals surface area contributed by atoms with Crippen LogP contribution >= 0.6 is 11.6 Å². The summed E-state index contributed by atoms with van der Waals surface area (Å²) in [5, 5.41) is 12.2. The van der Waals surface area contributed by atoms with Gasteiger partial charge in [-0.15, -0.1) is 0 Å². The molecule has 0 fully saturated rings. The minimum atomic E-state index is -4.65. The van der Waals surface area contributed by atoms with Crippen LogP contribution in [0.1, 0.15) is 11.3 Å². The van der Waals surface area contributed by atoms with Crippen molar-refractivity contribution in [3.63, 3.8) is 0 Å². The van der Waals surface area contributed by atoms with Gasteiger partial charge in [0.15, 0.2) is 5.69 Å². The number of halogens is 4. The Labute approximate surface area is 105 Å². The van der Waals surface area contributed by atoms with Gasteiger partial charge >= 0.3 is 6.18 Å². The third-order valence-electron chi connectivity index (χ3n) is 2.35. The number of para-hydroxylation sites is 1. The van der Waals surface area contributed by atoms with Crippen LogP contribution in [0.2, 0.25) is 5.15 Å². The lowest BCUT2D eigenvalue weighted by Crippen LogP contribution is -2.09. The first-order chi connectivity index (χ1) is 8.45. The lowest BCUT2D eigenvalue weighted by molar-refractivity contribution is -0.142. The Morgan fingerprint density at radius 2 is 1.83 bits per heavy atom. The molecule has 0 unspecified atom stereocenters. The minimum absolute atomic E-state index is 0.240. The van der Waals surface area contributed by atoms with Crippen molar-refractivity contribution < 1.29 is 18.3 Å². The third-order valence-corrected chi connectivity index (χ3v) is 2.74.